The lowest BCUT2D eigenvalue weighted by Gasteiger charge is -2.28. The van der Waals surface area contributed by atoms with Crippen LogP contribution < -0.4 is 4.89 Å². The maximum Gasteiger partial charge on any atom is 0.306 e. The average Bonchev–Trinajstić information content (AvgIpc) is 3.06. The van der Waals surface area contributed by atoms with Gasteiger partial charge < -0.3 is 27.9 Å². The predicted molar refractivity (Wildman–Crippen MR) is 204 cm³/mol. The summed E-state index contributed by atoms with van der Waals surface area (Å²) in [5, 5.41) is 0. The number of allylic oxidation sites excluding steroid dienone is 4. The fourth-order valence-corrected chi connectivity index (χ4v) is 5.97. The molecule has 0 bridgehead atoms. The third-order valence-electron chi connectivity index (χ3n) is 8.46. The first kappa shape index (κ1) is 48.5. The minimum atomic E-state index is -4.63. The van der Waals surface area contributed by atoms with Gasteiger partial charge in [-0.25, -0.2) is 0 Å². The van der Waals surface area contributed by atoms with Crippen molar-refractivity contribution < 1.29 is 42.1 Å². The van der Waals surface area contributed by atoms with Crippen molar-refractivity contribution in [2.24, 2.45) is 0 Å². The molecule has 0 N–H and O–H groups in total. The Bertz CT molecular complexity index is 918. The highest BCUT2D eigenvalue weighted by molar-refractivity contribution is 7.45. The lowest BCUT2D eigenvalue weighted by atomic mass is 10.1. The van der Waals surface area contributed by atoms with E-state index in [0.29, 0.717) is 23.9 Å². The van der Waals surface area contributed by atoms with Gasteiger partial charge in [0.05, 0.1) is 27.7 Å². The minimum Gasteiger partial charge on any atom is -0.756 e. The maximum absolute atomic E-state index is 12.6. The lowest BCUT2D eigenvalue weighted by molar-refractivity contribution is -0.870. The highest BCUT2D eigenvalue weighted by Crippen LogP contribution is 2.38. The number of phosphoric ester groups is 1. The summed E-state index contributed by atoms with van der Waals surface area (Å²) in [4.78, 5) is 37.3. The molecular weight excluding hydrogens is 653 g/mol. The van der Waals surface area contributed by atoms with E-state index in [4.69, 9.17) is 18.5 Å². The molecule has 0 fully saturated rings. The molecule has 0 radical (unpaired) electrons. The van der Waals surface area contributed by atoms with Crippen molar-refractivity contribution in [3.63, 3.8) is 0 Å². The van der Waals surface area contributed by atoms with Gasteiger partial charge >= 0.3 is 11.9 Å². The van der Waals surface area contributed by atoms with Gasteiger partial charge in [0.1, 0.15) is 19.8 Å². The number of quaternary nitrogens is 1. The Hall–Kier alpha value is -1.51. The topological polar surface area (TPSA) is 111 Å². The molecule has 0 saturated carbocycles. The molecule has 1 unspecified atom stereocenters. The van der Waals surface area contributed by atoms with Gasteiger partial charge in [-0.05, 0) is 44.9 Å². The maximum atomic E-state index is 12.6. The number of likely N-dealkylation sites (N-methyl/N-ethyl adjacent to an activating group) is 1. The molecule has 294 valence electrons. The van der Waals surface area contributed by atoms with Crippen LogP contribution in [0.2, 0.25) is 0 Å². The number of phosphoric acid groups is 1. The molecule has 2 atom stereocenters. The highest BCUT2D eigenvalue weighted by Gasteiger charge is 2.21. The van der Waals surface area contributed by atoms with Crippen LogP contribution in [0.25, 0.3) is 0 Å². The molecule has 0 aliphatic carbocycles. The van der Waals surface area contributed by atoms with E-state index >= 15 is 0 Å². The van der Waals surface area contributed by atoms with Gasteiger partial charge in [-0.15, -0.1) is 0 Å². The summed E-state index contributed by atoms with van der Waals surface area (Å²) >= 11 is 0. The monoisotopic (exact) mass is 730 g/mol. The van der Waals surface area contributed by atoms with Gasteiger partial charge in [0, 0.05) is 12.8 Å². The van der Waals surface area contributed by atoms with Crippen LogP contribution in [0.4, 0.5) is 0 Å². The van der Waals surface area contributed by atoms with Crippen molar-refractivity contribution in [3.8, 4) is 0 Å². The molecule has 0 spiro atoms. The second-order valence-corrected chi connectivity index (χ2v) is 16.1. The average molecular weight is 730 g/mol. The summed E-state index contributed by atoms with van der Waals surface area (Å²) in [5.74, 6) is -0.902. The number of ether oxygens (including phenoxy) is 2. The van der Waals surface area contributed by atoms with Crippen molar-refractivity contribution in [2.45, 2.75) is 174 Å². The smallest absolute Gasteiger partial charge is 0.306 e. The number of carbonyl (C=O) groups is 2. The molecule has 0 amide bonds. The van der Waals surface area contributed by atoms with E-state index in [2.05, 4.69) is 32.1 Å². The van der Waals surface area contributed by atoms with E-state index in [-0.39, 0.29) is 26.1 Å². The van der Waals surface area contributed by atoms with E-state index in [1.807, 2.05) is 27.2 Å². The van der Waals surface area contributed by atoms with Crippen molar-refractivity contribution in [3.05, 3.63) is 24.3 Å². The molecule has 0 aromatic rings. The van der Waals surface area contributed by atoms with E-state index in [9.17, 15) is 19.0 Å². The van der Waals surface area contributed by atoms with Crippen molar-refractivity contribution in [1.29, 1.82) is 0 Å². The Morgan fingerprint density at radius 3 is 1.62 bits per heavy atom. The summed E-state index contributed by atoms with van der Waals surface area (Å²) in [6.07, 6.45) is 33.6. The van der Waals surface area contributed by atoms with E-state index < -0.39 is 32.5 Å². The standard InChI is InChI=1S/C40H76NO8P/c1-6-8-10-12-14-16-18-19-20-21-23-25-27-29-31-33-40(43)49-38(37-48-50(44,45)47-35-34-41(3,4)5)36-46-39(42)32-30-28-26-24-22-17-15-13-11-9-7-2/h13,15,27,29,38H,6-12,14,16-26,28,30-37H2,1-5H3/b15-13+,29-27+/t38-/m1/s1. The molecule has 0 heterocycles. The predicted octanol–water partition coefficient (Wildman–Crippen LogP) is 10.2. The van der Waals surface area contributed by atoms with Crippen LogP contribution in [0.15, 0.2) is 24.3 Å². The summed E-state index contributed by atoms with van der Waals surface area (Å²) in [6, 6.07) is 0. The second-order valence-electron chi connectivity index (χ2n) is 14.6. The molecular formula is C40H76NO8P. The van der Waals surface area contributed by atoms with Crippen molar-refractivity contribution >= 4 is 19.8 Å². The van der Waals surface area contributed by atoms with Gasteiger partial charge in [0.2, 0.25) is 0 Å². The largest absolute Gasteiger partial charge is 0.756 e. The number of unbranched alkanes of at least 4 members (excludes halogenated alkanes) is 18. The van der Waals surface area contributed by atoms with Crippen LogP contribution in [0.1, 0.15) is 168 Å². The van der Waals surface area contributed by atoms with Crippen LogP contribution in [0.5, 0.6) is 0 Å². The Kier molecular flexibility index (Phi) is 32.3. The van der Waals surface area contributed by atoms with Crippen molar-refractivity contribution in [1.82, 2.24) is 0 Å². The van der Waals surface area contributed by atoms with E-state index in [1.54, 1.807) is 0 Å². The molecule has 0 aliphatic heterocycles. The SMILES string of the molecule is CCCC/C=C/CCCCCCCC(=O)OC[C@H](COP(=O)([O-])OCC[N+](C)(C)C)OC(=O)CC/C=C/CCCCCCCCCCCCC. The Morgan fingerprint density at radius 1 is 0.600 bits per heavy atom. The van der Waals surface area contributed by atoms with E-state index in [0.717, 1.165) is 51.4 Å². The second kappa shape index (κ2) is 33.3. The summed E-state index contributed by atoms with van der Waals surface area (Å²) in [5.41, 5.74) is 0. The molecule has 0 aromatic heterocycles. The zero-order valence-corrected chi connectivity index (χ0v) is 33.7. The number of hydrogen-bond donors (Lipinski definition) is 0. The summed E-state index contributed by atoms with van der Waals surface area (Å²) < 4.78 is 33.7. The van der Waals surface area contributed by atoms with Gasteiger partial charge in [-0.1, -0.05) is 134 Å². The first-order chi connectivity index (χ1) is 24.0. The number of carbonyl (C=O) groups excluding carboxylic acids is 2. The number of esters is 2. The minimum absolute atomic E-state index is 0.0368. The zero-order chi connectivity index (χ0) is 37.2. The Balaban J connectivity index is 4.46. The lowest BCUT2D eigenvalue weighted by Crippen LogP contribution is -2.37. The summed E-state index contributed by atoms with van der Waals surface area (Å²) in [7, 11) is 1.14. The van der Waals surface area contributed by atoms with Crippen LogP contribution in [0, 0.1) is 0 Å². The molecule has 0 saturated heterocycles. The zero-order valence-electron chi connectivity index (χ0n) is 32.8. The van der Waals surface area contributed by atoms with Crippen LogP contribution in [-0.4, -0.2) is 70.0 Å². The first-order valence-electron chi connectivity index (χ1n) is 20.0. The van der Waals surface area contributed by atoms with Crippen molar-refractivity contribution in [2.75, 3.05) is 47.5 Å². The molecule has 10 heteroatoms. The van der Waals surface area contributed by atoms with E-state index in [1.165, 1.54) is 77.0 Å². The number of rotatable bonds is 36. The van der Waals surface area contributed by atoms with Gasteiger partial charge in [-0.2, -0.15) is 0 Å². The molecule has 0 aromatic carbocycles. The molecule has 0 aliphatic rings. The molecule has 0 rings (SSSR count). The molecule has 50 heavy (non-hydrogen) atoms. The van der Waals surface area contributed by atoms with Crippen LogP contribution in [0.3, 0.4) is 0 Å². The van der Waals surface area contributed by atoms with Crippen LogP contribution in [-0.2, 0) is 32.7 Å². The van der Waals surface area contributed by atoms with Gasteiger partial charge in [-0.3, -0.25) is 14.2 Å². The fourth-order valence-electron chi connectivity index (χ4n) is 5.24. The molecule has 9 nitrogen and oxygen atoms in total. The number of nitrogens with zero attached hydrogens (tertiary/aromatic N) is 1. The fraction of sp³-hybridized carbons (Fsp3) is 0.850. The highest BCUT2D eigenvalue weighted by atomic mass is 31.2. The van der Waals surface area contributed by atoms with Crippen LogP contribution >= 0.6 is 7.82 Å². The third-order valence-corrected chi connectivity index (χ3v) is 9.42. The van der Waals surface area contributed by atoms with Gasteiger partial charge in [0.25, 0.3) is 7.82 Å². The third kappa shape index (κ3) is 36.3. The Morgan fingerprint density at radius 2 is 1.08 bits per heavy atom. The summed E-state index contributed by atoms with van der Waals surface area (Å²) in [6.45, 7) is 4.13. The number of hydrogen-bond acceptors (Lipinski definition) is 8. The normalized spacial score (nSPS) is 14.0. The Labute approximate surface area is 307 Å². The first-order valence-corrected chi connectivity index (χ1v) is 21.5. The quantitative estimate of drug-likeness (QED) is 0.0206. The van der Waals surface area contributed by atoms with Gasteiger partial charge in [0.15, 0.2) is 6.10 Å².